The number of methoxy groups -OCH3 is 2. The van der Waals surface area contributed by atoms with Crippen LogP contribution in [-0.2, 0) is 0 Å². The first kappa shape index (κ1) is 17.6. The average molecular weight is 329 g/mol. The number of carbonyl (C=O) groups is 1. The van der Waals surface area contributed by atoms with Gasteiger partial charge in [-0.15, -0.1) is 0 Å². The highest BCUT2D eigenvalue weighted by molar-refractivity contribution is 5.95. The second-order valence-corrected chi connectivity index (χ2v) is 6.36. The molecule has 1 aromatic carbocycles. The normalized spacial score (nSPS) is 10.9. The SMILES string of the molecule is COc1ccc(Nc2cncc(C(=O)NC(C)(C)C)c2)c(OC)c1. The summed E-state index contributed by atoms with van der Waals surface area (Å²) in [6.45, 7) is 5.80. The largest absolute Gasteiger partial charge is 0.497 e. The predicted molar refractivity (Wildman–Crippen MR) is 94.3 cm³/mol. The lowest BCUT2D eigenvalue weighted by atomic mass is 10.1. The summed E-state index contributed by atoms with van der Waals surface area (Å²) in [5.74, 6) is 1.17. The maximum atomic E-state index is 12.3. The van der Waals surface area contributed by atoms with Crippen LogP contribution in [0.3, 0.4) is 0 Å². The van der Waals surface area contributed by atoms with Crippen LogP contribution in [0.1, 0.15) is 31.1 Å². The van der Waals surface area contributed by atoms with Crippen molar-refractivity contribution in [2.24, 2.45) is 0 Å². The molecule has 0 aliphatic carbocycles. The number of pyridine rings is 1. The Labute approximate surface area is 142 Å². The third-order valence-electron chi connectivity index (χ3n) is 3.18. The molecule has 6 nitrogen and oxygen atoms in total. The molecule has 0 bridgehead atoms. The Morgan fingerprint density at radius 1 is 1.08 bits per heavy atom. The molecule has 0 saturated heterocycles. The number of ether oxygens (including phenoxy) is 2. The van der Waals surface area contributed by atoms with E-state index >= 15 is 0 Å². The van der Waals surface area contributed by atoms with Crippen LogP contribution in [-0.4, -0.2) is 30.6 Å². The maximum absolute atomic E-state index is 12.3. The standard InChI is InChI=1S/C18H23N3O3/c1-18(2,3)21-17(22)12-8-13(11-19-10-12)20-15-7-6-14(23-4)9-16(15)24-5/h6-11,20H,1-5H3,(H,21,22). The number of benzene rings is 1. The van der Waals surface area contributed by atoms with Gasteiger partial charge >= 0.3 is 0 Å². The van der Waals surface area contributed by atoms with Gasteiger partial charge in [-0.25, -0.2) is 0 Å². The van der Waals surface area contributed by atoms with Gasteiger partial charge in [0.05, 0.1) is 37.4 Å². The van der Waals surface area contributed by atoms with Crippen molar-refractivity contribution in [2.45, 2.75) is 26.3 Å². The zero-order valence-electron chi connectivity index (χ0n) is 14.6. The fourth-order valence-electron chi connectivity index (χ4n) is 2.10. The predicted octanol–water partition coefficient (Wildman–Crippen LogP) is 3.37. The van der Waals surface area contributed by atoms with E-state index < -0.39 is 0 Å². The first-order valence-electron chi connectivity index (χ1n) is 7.59. The molecular formula is C18H23N3O3. The summed E-state index contributed by atoms with van der Waals surface area (Å²) in [7, 11) is 3.19. The van der Waals surface area contributed by atoms with Crippen LogP contribution < -0.4 is 20.1 Å². The Kier molecular flexibility index (Phi) is 5.28. The Morgan fingerprint density at radius 2 is 1.83 bits per heavy atom. The van der Waals surface area contributed by atoms with E-state index in [0.29, 0.717) is 22.7 Å². The first-order chi connectivity index (χ1) is 11.3. The minimum atomic E-state index is -0.306. The molecule has 1 amide bonds. The lowest BCUT2D eigenvalue weighted by Gasteiger charge is -2.20. The molecule has 2 aromatic rings. The number of nitrogens with zero attached hydrogens (tertiary/aromatic N) is 1. The Morgan fingerprint density at radius 3 is 2.46 bits per heavy atom. The van der Waals surface area contributed by atoms with Crippen LogP contribution in [0, 0.1) is 0 Å². The van der Waals surface area contributed by atoms with Crippen molar-refractivity contribution >= 4 is 17.3 Å². The van der Waals surface area contributed by atoms with E-state index in [1.807, 2.05) is 32.9 Å². The minimum absolute atomic E-state index is 0.166. The van der Waals surface area contributed by atoms with Crippen molar-refractivity contribution in [3.8, 4) is 11.5 Å². The van der Waals surface area contributed by atoms with Crippen LogP contribution in [0.2, 0.25) is 0 Å². The molecule has 128 valence electrons. The summed E-state index contributed by atoms with van der Waals surface area (Å²) < 4.78 is 10.5. The van der Waals surface area contributed by atoms with E-state index in [2.05, 4.69) is 15.6 Å². The molecule has 1 heterocycles. The molecule has 2 N–H and O–H groups in total. The van der Waals surface area contributed by atoms with E-state index in [0.717, 1.165) is 5.69 Å². The number of nitrogens with one attached hydrogen (secondary N) is 2. The zero-order valence-corrected chi connectivity index (χ0v) is 14.6. The Hall–Kier alpha value is -2.76. The van der Waals surface area contributed by atoms with E-state index in [9.17, 15) is 4.79 Å². The van der Waals surface area contributed by atoms with Gasteiger partial charge in [-0.05, 0) is 39.0 Å². The number of carbonyl (C=O) groups excluding carboxylic acids is 1. The van der Waals surface area contributed by atoms with Gasteiger partial charge in [0.25, 0.3) is 5.91 Å². The minimum Gasteiger partial charge on any atom is -0.497 e. The van der Waals surface area contributed by atoms with Crippen LogP contribution in [0.4, 0.5) is 11.4 Å². The second-order valence-electron chi connectivity index (χ2n) is 6.36. The Balaban J connectivity index is 2.22. The van der Waals surface area contributed by atoms with Crippen LogP contribution >= 0.6 is 0 Å². The highest BCUT2D eigenvalue weighted by Gasteiger charge is 2.16. The summed E-state index contributed by atoms with van der Waals surface area (Å²) in [5.41, 5.74) is 1.63. The molecule has 1 aromatic heterocycles. The molecule has 2 rings (SSSR count). The molecular weight excluding hydrogens is 306 g/mol. The third-order valence-corrected chi connectivity index (χ3v) is 3.18. The fraction of sp³-hybridized carbons (Fsp3) is 0.333. The molecule has 0 radical (unpaired) electrons. The van der Waals surface area contributed by atoms with Crippen molar-refractivity contribution < 1.29 is 14.3 Å². The van der Waals surface area contributed by atoms with E-state index in [-0.39, 0.29) is 11.4 Å². The summed E-state index contributed by atoms with van der Waals surface area (Å²) in [5, 5.41) is 6.13. The summed E-state index contributed by atoms with van der Waals surface area (Å²) in [6, 6.07) is 7.21. The number of amides is 1. The highest BCUT2D eigenvalue weighted by atomic mass is 16.5. The summed E-state index contributed by atoms with van der Waals surface area (Å²) in [6.07, 6.45) is 3.19. The molecule has 0 unspecified atom stereocenters. The second kappa shape index (κ2) is 7.21. The molecule has 24 heavy (non-hydrogen) atoms. The zero-order chi connectivity index (χ0) is 17.7. The van der Waals surface area contributed by atoms with E-state index in [4.69, 9.17) is 9.47 Å². The van der Waals surface area contributed by atoms with Crippen molar-refractivity contribution in [3.63, 3.8) is 0 Å². The van der Waals surface area contributed by atoms with Crippen LogP contribution in [0.25, 0.3) is 0 Å². The van der Waals surface area contributed by atoms with Gasteiger partial charge in [-0.1, -0.05) is 0 Å². The van der Waals surface area contributed by atoms with Gasteiger partial charge in [-0.3, -0.25) is 9.78 Å². The number of aromatic nitrogens is 1. The molecule has 0 atom stereocenters. The highest BCUT2D eigenvalue weighted by Crippen LogP contribution is 2.31. The van der Waals surface area contributed by atoms with E-state index in [1.54, 1.807) is 32.5 Å². The van der Waals surface area contributed by atoms with Crippen LogP contribution in [0.5, 0.6) is 11.5 Å². The van der Waals surface area contributed by atoms with Crippen molar-refractivity contribution in [3.05, 3.63) is 42.2 Å². The molecule has 0 saturated carbocycles. The molecule has 0 aliphatic heterocycles. The van der Waals surface area contributed by atoms with Crippen LogP contribution in [0.15, 0.2) is 36.7 Å². The smallest absolute Gasteiger partial charge is 0.253 e. The monoisotopic (exact) mass is 329 g/mol. The number of rotatable bonds is 5. The lowest BCUT2D eigenvalue weighted by Crippen LogP contribution is -2.40. The number of anilines is 2. The topological polar surface area (TPSA) is 72.5 Å². The van der Waals surface area contributed by atoms with Crippen molar-refractivity contribution in [1.29, 1.82) is 0 Å². The summed E-state index contributed by atoms with van der Waals surface area (Å²) in [4.78, 5) is 16.4. The molecule has 0 fully saturated rings. The quantitative estimate of drug-likeness (QED) is 0.880. The van der Waals surface area contributed by atoms with Gasteiger partial charge in [0.1, 0.15) is 11.5 Å². The third kappa shape index (κ3) is 4.62. The van der Waals surface area contributed by atoms with Gasteiger partial charge < -0.3 is 20.1 Å². The number of hydrogen-bond donors (Lipinski definition) is 2. The average Bonchev–Trinajstić information content (AvgIpc) is 2.54. The van der Waals surface area contributed by atoms with Crippen molar-refractivity contribution in [2.75, 3.05) is 19.5 Å². The van der Waals surface area contributed by atoms with Gasteiger partial charge in [0.15, 0.2) is 0 Å². The number of hydrogen-bond acceptors (Lipinski definition) is 5. The summed E-state index contributed by atoms with van der Waals surface area (Å²) >= 11 is 0. The fourth-order valence-corrected chi connectivity index (χ4v) is 2.10. The molecule has 0 aliphatic rings. The van der Waals surface area contributed by atoms with Gasteiger partial charge in [-0.2, -0.15) is 0 Å². The van der Waals surface area contributed by atoms with Gasteiger partial charge in [0.2, 0.25) is 0 Å². The lowest BCUT2D eigenvalue weighted by molar-refractivity contribution is 0.0919. The molecule has 6 heteroatoms. The first-order valence-corrected chi connectivity index (χ1v) is 7.59. The van der Waals surface area contributed by atoms with E-state index in [1.165, 1.54) is 6.20 Å². The molecule has 0 spiro atoms. The van der Waals surface area contributed by atoms with Gasteiger partial charge in [0, 0.05) is 17.8 Å². The van der Waals surface area contributed by atoms with Crippen molar-refractivity contribution in [1.82, 2.24) is 10.3 Å². The Bertz CT molecular complexity index is 724. The maximum Gasteiger partial charge on any atom is 0.253 e.